The Balaban J connectivity index is 1.75. The fourth-order valence-corrected chi connectivity index (χ4v) is 2.85. The number of hydrogen-bond acceptors (Lipinski definition) is 4. The molecule has 0 aromatic heterocycles. The molecule has 0 unspecified atom stereocenters. The van der Waals surface area contributed by atoms with Gasteiger partial charge in [-0.05, 0) is 60.9 Å². The largest absolute Gasteiger partial charge is 0.507 e. The van der Waals surface area contributed by atoms with Crippen molar-refractivity contribution in [2.24, 2.45) is 0 Å². The summed E-state index contributed by atoms with van der Waals surface area (Å²) in [7, 11) is 0. The number of aryl methyl sites for hydroxylation is 2. The third-order valence-corrected chi connectivity index (χ3v) is 4.24. The minimum absolute atomic E-state index is 0.00758. The van der Waals surface area contributed by atoms with Crippen molar-refractivity contribution in [1.82, 2.24) is 10.2 Å². The molecule has 28 heavy (non-hydrogen) atoms. The van der Waals surface area contributed by atoms with Crippen LogP contribution < -0.4 is 10.6 Å². The molecular formula is C20H18FN3O4. The highest BCUT2D eigenvalue weighted by molar-refractivity contribution is 6.15. The molecule has 0 radical (unpaired) electrons. The third kappa shape index (κ3) is 3.85. The number of aromatic hydroxyl groups is 1. The van der Waals surface area contributed by atoms with E-state index in [0.29, 0.717) is 16.7 Å². The van der Waals surface area contributed by atoms with Crippen LogP contribution in [-0.4, -0.2) is 34.4 Å². The molecule has 2 aromatic rings. The number of hydrogen-bond donors (Lipinski definition) is 3. The van der Waals surface area contributed by atoms with Crippen molar-refractivity contribution in [2.75, 3.05) is 11.9 Å². The minimum atomic E-state index is -0.743. The average Bonchev–Trinajstić information content (AvgIpc) is 2.89. The lowest BCUT2D eigenvalue weighted by Crippen LogP contribution is -2.38. The standard InChI is InChI=1S/C20H18FN3O4/c1-11-7-13(8-12(2)18(11)26)9-16-19(27)24(20(28)23-16)10-17(25)22-15-6-4-3-5-14(15)21/h3-9,26H,10H2,1-2H3,(H,22,25)(H,23,28). The number of carbonyl (C=O) groups excluding carboxylic acids is 3. The van der Waals surface area contributed by atoms with Gasteiger partial charge >= 0.3 is 6.03 Å². The van der Waals surface area contributed by atoms with Gasteiger partial charge in [0, 0.05) is 0 Å². The van der Waals surface area contributed by atoms with Crippen LogP contribution in [0.1, 0.15) is 16.7 Å². The maximum Gasteiger partial charge on any atom is 0.329 e. The number of imide groups is 1. The Morgan fingerprint density at radius 1 is 1.21 bits per heavy atom. The summed E-state index contributed by atoms with van der Waals surface area (Å²) in [6.07, 6.45) is 1.47. The average molecular weight is 383 g/mol. The first-order valence-electron chi connectivity index (χ1n) is 8.45. The van der Waals surface area contributed by atoms with Crippen LogP contribution in [0.15, 0.2) is 42.1 Å². The SMILES string of the molecule is Cc1cc(C=C2NC(=O)N(CC(=O)Nc3ccccc3F)C2=O)cc(C)c1O. The van der Waals surface area contributed by atoms with E-state index in [9.17, 15) is 23.9 Å². The summed E-state index contributed by atoms with van der Waals surface area (Å²) in [5.74, 6) is -1.83. The van der Waals surface area contributed by atoms with Gasteiger partial charge in [0.05, 0.1) is 5.69 Å². The van der Waals surface area contributed by atoms with E-state index >= 15 is 0 Å². The van der Waals surface area contributed by atoms with Crippen LogP contribution in [-0.2, 0) is 9.59 Å². The van der Waals surface area contributed by atoms with E-state index in [1.807, 2.05) is 0 Å². The number of benzene rings is 2. The van der Waals surface area contributed by atoms with Gasteiger partial charge < -0.3 is 15.7 Å². The van der Waals surface area contributed by atoms with Gasteiger partial charge in [-0.2, -0.15) is 0 Å². The number of amides is 4. The molecule has 8 heteroatoms. The third-order valence-electron chi connectivity index (χ3n) is 4.24. The second-order valence-corrected chi connectivity index (χ2v) is 6.41. The highest BCUT2D eigenvalue weighted by Crippen LogP contribution is 2.25. The predicted octanol–water partition coefficient (Wildman–Crippen LogP) is 2.68. The van der Waals surface area contributed by atoms with Crippen LogP contribution in [0.4, 0.5) is 14.9 Å². The van der Waals surface area contributed by atoms with Crippen molar-refractivity contribution in [3.63, 3.8) is 0 Å². The molecule has 0 atom stereocenters. The van der Waals surface area contributed by atoms with Crippen molar-refractivity contribution in [3.8, 4) is 5.75 Å². The molecule has 7 nitrogen and oxygen atoms in total. The number of urea groups is 1. The fraction of sp³-hybridized carbons (Fsp3) is 0.150. The smallest absolute Gasteiger partial charge is 0.329 e. The summed E-state index contributed by atoms with van der Waals surface area (Å²) in [6.45, 7) is 2.89. The summed E-state index contributed by atoms with van der Waals surface area (Å²) in [5, 5.41) is 14.6. The number of nitrogens with zero attached hydrogens (tertiary/aromatic N) is 1. The normalized spacial score (nSPS) is 15.1. The fourth-order valence-electron chi connectivity index (χ4n) is 2.85. The van der Waals surface area contributed by atoms with Gasteiger partial charge in [0.25, 0.3) is 5.91 Å². The summed E-state index contributed by atoms with van der Waals surface area (Å²) < 4.78 is 13.6. The summed E-state index contributed by atoms with van der Waals surface area (Å²) >= 11 is 0. The van der Waals surface area contributed by atoms with Crippen LogP contribution in [0.2, 0.25) is 0 Å². The molecule has 0 aliphatic carbocycles. The van der Waals surface area contributed by atoms with E-state index < -0.39 is 30.2 Å². The zero-order valence-electron chi connectivity index (χ0n) is 15.2. The molecular weight excluding hydrogens is 365 g/mol. The van der Waals surface area contributed by atoms with E-state index in [1.165, 1.54) is 24.3 Å². The summed E-state index contributed by atoms with van der Waals surface area (Å²) in [5.41, 5.74) is 1.85. The molecule has 0 saturated carbocycles. The highest BCUT2D eigenvalue weighted by atomic mass is 19.1. The van der Waals surface area contributed by atoms with Crippen LogP contribution >= 0.6 is 0 Å². The van der Waals surface area contributed by atoms with Crippen LogP contribution in [0.3, 0.4) is 0 Å². The van der Waals surface area contributed by atoms with Crippen molar-refractivity contribution in [3.05, 3.63) is 64.6 Å². The van der Waals surface area contributed by atoms with E-state index in [1.54, 1.807) is 32.0 Å². The molecule has 1 aliphatic heterocycles. The minimum Gasteiger partial charge on any atom is -0.507 e. The number of nitrogens with one attached hydrogen (secondary N) is 2. The molecule has 1 heterocycles. The van der Waals surface area contributed by atoms with Gasteiger partial charge in [-0.15, -0.1) is 0 Å². The Hall–Kier alpha value is -3.68. The van der Waals surface area contributed by atoms with Gasteiger partial charge in [-0.25, -0.2) is 14.1 Å². The molecule has 0 bridgehead atoms. The molecule has 3 rings (SSSR count). The maximum absolute atomic E-state index is 13.6. The lowest BCUT2D eigenvalue weighted by molar-refractivity contribution is -0.127. The van der Waals surface area contributed by atoms with Crippen molar-refractivity contribution in [1.29, 1.82) is 0 Å². The first-order valence-corrected chi connectivity index (χ1v) is 8.45. The highest BCUT2D eigenvalue weighted by Gasteiger charge is 2.35. The van der Waals surface area contributed by atoms with Gasteiger partial charge in [0.1, 0.15) is 23.8 Å². The van der Waals surface area contributed by atoms with Gasteiger partial charge in [0.2, 0.25) is 5.91 Å². The quantitative estimate of drug-likeness (QED) is 0.558. The van der Waals surface area contributed by atoms with Crippen LogP contribution in [0.5, 0.6) is 5.75 Å². The lowest BCUT2D eigenvalue weighted by atomic mass is 10.0. The molecule has 3 N–H and O–H groups in total. The molecule has 4 amide bonds. The Morgan fingerprint density at radius 2 is 1.86 bits per heavy atom. The number of rotatable bonds is 4. The van der Waals surface area contributed by atoms with Crippen LogP contribution in [0, 0.1) is 19.7 Å². The van der Waals surface area contributed by atoms with E-state index in [0.717, 1.165) is 4.90 Å². The molecule has 1 aliphatic rings. The maximum atomic E-state index is 13.6. The number of phenols is 1. The molecule has 144 valence electrons. The van der Waals surface area contributed by atoms with E-state index in [2.05, 4.69) is 10.6 Å². The number of anilines is 1. The summed E-state index contributed by atoms with van der Waals surface area (Å²) in [6, 6.07) is 8.18. The lowest BCUT2D eigenvalue weighted by Gasteiger charge is -2.12. The Bertz CT molecular complexity index is 993. The van der Waals surface area contributed by atoms with E-state index in [4.69, 9.17) is 0 Å². The van der Waals surface area contributed by atoms with Crippen molar-refractivity contribution >= 4 is 29.6 Å². The first kappa shape index (κ1) is 19.1. The van der Waals surface area contributed by atoms with Crippen LogP contribution in [0.25, 0.3) is 6.08 Å². The zero-order valence-corrected chi connectivity index (χ0v) is 15.2. The number of carbonyl (C=O) groups is 3. The number of phenolic OH excluding ortho intramolecular Hbond substituents is 1. The molecule has 1 fully saturated rings. The number of para-hydroxylation sites is 1. The first-order chi connectivity index (χ1) is 13.3. The predicted molar refractivity (Wildman–Crippen MR) is 101 cm³/mol. The molecule has 1 saturated heterocycles. The molecule has 2 aromatic carbocycles. The van der Waals surface area contributed by atoms with Crippen molar-refractivity contribution < 1.29 is 23.9 Å². The second-order valence-electron chi connectivity index (χ2n) is 6.41. The molecule has 0 spiro atoms. The Morgan fingerprint density at radius 3 is 2.50 bits per heavy atom. The van der Waals surface area contributed by atoms with Gasteiger partial charge in [-0.3, -0.25) is 9.59 Å². The van der Waals surface area contributed by atoms with Gasteiger partial charge in [0.15, 0.2) is 0 Å². The summed E-state index contributed by atoms with van der Waals surface area (Å²) in [4.78, 5) is 37.4. The van der Waals surface area contributed by atoms with Gasteiger partial charge in [-0.1, -0.05) is 12.1 Å². The second kappa shape index (κ2) is 7.51. The van der Waals surface area contributed by atoms with E-state index in [-0.39, 0.29) is 17.1 Å². The number of halogens is 1. The Kier molecular flexibility index (Phi) is 5.12. The Labute approximate surface area is 160 Å². The van der Waals surface area contributed by atoms with Crippen molar-refractivity contribution in [2.45, 2.75) is 13.8 Å². The monoisotopic (exact) mass is 383 g/mol. The topological polar surface area (TPSA) is 98.7 Å². The zero-order chi connectivity index (χ0) is 20.4.